The third-order valence-corrected chi connectivity index (χ3v) is 2.00. The molecular weight excluding hydrogens is 260 g/mol. The Morgan fingerprint density at radius 2 is 2.16 bits per heavy atom. The van der Waals surface area contributed by atoms with Crippen LogP contribution in [0, 0.1) is 10.1 Å². The number of carboxylic acid groups (broad SMARTS) is 1. The van der Waals surface area contributed by atoms with Crippen LogP contribution in [0.5, 0.6) is 5.75 Å². The van der Waals surface area contributed by atoms with Gasteiger partial charge in [-0.15, -0.1) is 0 Å². The number of nitrogens with zero attached hydrogens (tertiary/aromatic N) is 1. The van der Waals surface area contributed by atoms with Crippen LogP contribution in [0.3, 0.4) is 0 Å². The number of ether oxygens (including phenoxy) is 1. The van der Waals surface area contributed by atoms with Crippen LogP contribution in [-0.4, -0.2) is 35.6 Å². The van der Waals surface area contributed by atoms with E-state index in [-0.39, 0.29) is 17.0 Å². The Kier molecular flexibility index (Phi) is 4.77. The predicted octanol–water partition coefficient (Wildman–Crippen LogP) is 0.349. The topological polar surface area (TPSA) is 128 Å². The van der Waals surface area contributed by atoms with Crippen molar-refractivity contribution in [3.05, 3.63) is 33.9 Å². The number of nitro benzene ring substituents is 1. The maximum atomic E-state index is 11.5. The van der Waals surface area contributed by atoms with Gasteiger partial charge in [0.15, 0.2) is 12.4 Å². The predicted molar refractivity (Wildman–Crippen MR) is 60.7 cm³/mol. The first kappa shape index (κ1) is 14.4. The zero-order valence-electron chi connectivity index (χ0n) is 9.78. The van der Waals surface area contributed by atoms with E-state index in [9.17, 15) is 19.7 Å². The van der Waals surface area contributed by atoms with Crippen molar-refractivity contribution in [1.82, 2.24) is 5.48 Å². The monoisotopic (exact) mass is 270 g/mol. The van der Waals surface area contributed by atoms with E-state index in [0.717, 1.165) is 6.07 Å². The fourth-order valence-electron chi connectivity index (χ4n) is 1.20. The largest absolute Gasteiger partial charge is 0.490 e. The van der Waals surface area contributed by atoms with Crippen molar-refractivity contribution in [2.45, 2.75) is 0 Å². The van der Waals surface area contributed by atoms with Gasteiger partial charge in [-0.2, -0.15) is 0 Å². The molecule has 9 nitrogen and oxygen atoms in total. The molecule has 1 aromatic carbocycles. The summed E-state index contributed by atoms with van der Waals surface area (Å²) in [4.78, 5) is 36.1. The Bertz CT molecular complexity index is 515. The Morgan fingerprint density at radius 3 is 2.68 bits per heavy atom. The molecule has 0 spiro atoms. The van der Waals surface area contributed by atoms with Crippen molar-refractivity contribution in [2.75, 3.05) is 13.7 Å². The lowest BCUT2D eigenvalue weighted by atomic mass is 10.2. The highest BCUT2D eigenvalue weighted by atomic mass is 16.7. The molecule has 9 heteroatoms. The maximum Gasteiger partial charge on any atom is 0.332 e. The number of hydrogen-bond acceptors (Lipinski definition) is 6. The number of benzene rings is 1. The van der Waals surface area contributed by atoms with Crippen LogP contribution < -0.4 is 10.2 Å². The lowest BCUT2D eigenvalue weighted by Gasteiger charge is -2.05. The van der Waals surface area contributed by atoms with E-state index >= 15 is 0 Å². The first-order chi connectivity index (χ1) is 8.95. The standard InChI is InChI=1S/C10H10N2O7/c1-18-8-3-2-6(4-7(8)12(16)17)10(15)11-19-5-9(13)14/h2-4H,5H2,1H3,(H,11,15)(H,13,14). The molecule has 0 radical (unpaired) electrons. The summed E-state index contributed by atoms with van der Waals surface area (Å²) < 4.78 is 4.77. The van der Waals surface area contributed by atoms with Crippen molar-refractivity contribution >= 4 is 17.6 Å². The Hall–Kier alpha value is -2.68. The maximum absolute atomic E-state index is 11.5. The van der Waals surface area contributed by atoms with Gasteiger partial charge in [0.05, 0.1) is 12.0 Å². The number of rotatable bonds is 6. The second-order valence-electron chi connectivity index (χ2n) is 3.26. The molecule has 0 bridgehead atoms. The molecule has 0 aliphatic carbocycles. The summed E-state index contributed by atoms with van der Waals surface area (Å²) in [5, 5.41) is 19.0. The molecule has 0 fully saturated rings. The lowest BCUT2D eigenvalue weighted by Crippen LogP contribution is -2.26. The van der Waals surface area contributed by atoms with Gasteiger partial charge in [0.1, 0.15) is 0 Å². The third kappa shape index (κ3) is 3.92. The molecule has 1 aromatic rings. The van der Waals surface area contributed by atoms with Gasteiger partial charge in [-0.3, -0.25) is 19.7 Å². The van der Waals surface area contributed by atoms with E-state index in [2.05, 4.69) is 4.84 Å². The molecule has 1 amide bonds. The van der Waals surface area contributed by atoms with E-state index in [1.165, 1.54) is 19.2 Å². The Labute approximate surface area is 106 Å². The van der Waals surface area contributed by atoms with Gasteiger partial charge in [-0.25, -0.2) is 10.3 Å². The second-order valence-corrected chi connectivity index (χ2v) is 3.26. The molecule has 0 aliphatic heterocycles. The number of carboxylic acids is 1. The molecule has 2 N–H and O–H groups in total. The van der Waals surface area contributed by atoms with Crippen LogP contribution in [0.1, 0.15) is 10.4 Å². The number of aliphatic carboxylic acids is 1. The molecule has 0 saturated carbocycles. The van der Waals surface area contributed by atoms with Gasteiger partial charge in [-0.1, -0.05) is 0 Å². The number of hydroxylamine groups is 1. The first-order valence-corrected chi connectivity index (χ1v) is 4.92. The Balaban J connectivity index is 2.83. The molecular formula is C10H10N2O7. The smallest absolute Gasteiger partial charge is 0.332 e. The number of amides is 1. The highest BCUT2D eigenvalue weighted by Gasteiger charge is 2.18. The molecule has 19 heavy (non-hydrogen) atoms. The summed E-state index contributed by atoms with van der Waals surface area (Å²) in [5.41, 5.74) is 1.41. The number of nitrogens with one attached hydrogen (secondary N) is 1. The molecule has 102 valence electrons. The molecule has 1 rings (SSSR count). The van der Waals surface area contributed by atoms with Crippen molar-refractivity contribution in [2.24, 2.45) is 0 Å². The first-order valence-electron chi connectivity index (χ1n) is 4.92. The normalized spacial score (nSPS) is 9.74. The highest BCUT2D eigenvalue weighted by Crippen LogP contribution is 2.27. The highest BCUT2D eigenvalue weighted by molar-refractivity contribution is 5.94. The van der Waals surface area contributed by atoms with E-state index in [1.54, 1.807) is 0 Å². The summed E-state index contributed by atoms with van der Waals surface area (Å²) in [6.07, 6.45) is 0. The van der Waals surface area contributed by atoms with Crippen molar-refractivity contribution < 1.29 is 29.2 Å². The van der Waals surface area contributed by atoms with E-state index in [1.807, 2.05) is 5.48 Å². The summed E-state index contributed by atoms with van der Waals surface area (Å²) >= 11 is 0. The zero-order valence-corrected chi connectivity index (χ0v) is 9.78. The second kappa shape index (κ2) is 6.31. The third-order valence-electron chi connectivity index (χ3n) is 2.00. The fourth-order valence-corrected chi connectivity index (χ4v) is 1.20. The number of carbonyl (C=O) groups is 2. The van der Waals surface area contributed by atoms with Gasteiger partial charge >= 0.3 is 11.7 Å². The molecule has 0 heterocycles. The number of hydrogen-bond donors (Lipinski definition) is 2. The van der Waals surface area contributed by atoms with Crippen LogP contribution in [0.15, 0.2) is 18.2 Å². The molecule has 0 aliphatic rings. The number of carbonyl (C=O) groups excluding carboxylic acids is 1. The quantitative estimate of drug-likeness (QED) is 0.563. The van der Waals surface area contributed by atoms with Gasteiger partial charge in [0.2, 0.25) is 0 Å². The summed E-state index contributed by atoms with van der Waals surface area (Å²) in [6.45, 7) is -0.718. The van der Waals surface area contributed by atoms with Gasteiger partial charge < -0.3 is 9.84 Å². The fraction of sp³-hybridized carbons (Fsp3) is 0.200. The number of methoxy groups -OCH3 is 1. The van der Waals surface area contributed by atoms with Crippen LogP contribution in [-0.2, 0) is 9.63 Å². The van der Waals surface area contributed by atoms with E-state index in [4.69, 9.17) is 9.84 Å². The average Bonchev–Trinajstić information content (AvgIpc) is 2.37. The molecule has 0 aromatic heterocycles. The molecule has 0 atom stereocenters. The lowest BCUT2D eigenvalue weighted by molar-refractivity contribution is -0.385. The summed E-state index contributed by atoms with van der Waals surface area (Å²) in [6, 6.07) is 3.54. The summed E-state index contributed by atoms with van der Waals surface area (Å²) in [7, 11) is 1.26. The van der Waals surface area contributed by atoms with Gasteiger partial charge in [0, 0.05) is 11.6 Å². The van der Waals surface area contributed by atoms with Gasteiger partial charge in [-0.05, 0) is 12.1 Å². The van der Waals surface area contributed by atoms with Crippen LogP contribution in [0.2, 0.25) is 0 Å². The average molecular weight is 270 g/mol. The van der Waals surface area contributed by atoms with E-state index < -0.39 is 23.4 Å². The van der Waals surface area contributed by atoms with Crippen LogP contribution in [0.4, 0.5) is 5.69 Å². The SMILES string of the molecule is COc1ccc(C(=O)NOCC(=O)O)cc1[N+](=O)[O-]. The minimum atomic E-state index is -1.26. The van der Waals surface area contributed by atoms with Crippen LogP contribution >= 0.6 is 0 Å². The van der Waals surface area contributed by atoms with Crippen molar-refractivity contribution in [1.29, 1.82) is 0 Å². The molecule has 0 unspecified atom stereocenters. The van der Waals surface area contributed by atoms with Crippen LogP contribution in [0.25, 0.3) is 0 Å². The van der Waals surface area contributed by atoms with E-state index in [0.29, 0.717) is 0 Å². The van der Waals surface area contributed by atoms with Gasteiger partial charge in [0.25, 0.3) is 5.91 Å². The minimum Gasteiger partial charge on any atom is -0.490 e. The minimum absolute atomic E-state index is 0.00741. The zero-order chi connectivity index (χ0) is 14.4. The Morgan fingerprint density at radius 1 is 1.47 bits per heavy atom. The summed E-state index contributed by atoms with van der Waals surface area (Å²) in [5.74, 6) is -2.05. The molecule has 0 saturated heterocycles. The number of nitro groups is 1. The van der Waals surface area contributed by atoms with Crippen molar-refractivity contribution in [3.63, 3.8) is 0 Å². The van der Waals surface area contributed by atoms with Crippen molar-refractivity contribution in [3.8, 4) is 5.75 Å².